The molecule has 3 aromatic rings. The second-order valence-electron chi connectivity index (χ2n) is 4.77. The molecule has 3 rings (SSSR count). The van der Waals surface area contributed by atoms with Crippen LogP contribution in [0.15, 0.2) is 46.9 Å². The van der Waals surface area contributed by atoms with Crippen molar-refractivity contribution in [3.8, 4) is 5.75 Å². The molecule has 0 saturated heterocycles. The number of benzene rings is 2. The van der Waals surface area contributed by atoms with E-state index in [1.807, 2.05) is 44.3 Å². The largest absolute Gasteiger partial charge is 0.491 e. The van der Waals surface area contributed by atoms with E-state index in [0.29, 0.717) is 29.5 Å². The summed E-state index contributed by atoms with van der Waals surface area (Å²) in [6.07, 6.45) is 0.786. The van der Waals surface area contributed by atoms with Crippen LogP contribution < -0.4 is 9.64 Å². The summed E-state index contributed by atoms with van der Waals surface area (Å²) in [6, 6.07) is 13.4. The minimum atomic E-state index is 0.449. The van der Waals surface area contributed by atoms with E-state index >= 15 is 0 Å². The fourth-order valence-electron chi connectivity index (χ4n) is 2.31. The van der Waals surface area contributed by atoms with Crippen molar-refractivity contribution < 1.29 is 13.9 Å². The Kier molecular flexibility index (Phi) is 3.78. The molecule has 0 unspecified atom stereocenters. The molecular weight excluding hydrogens is 280 g/mol. The molecule has 0 radical (unpaired) electrons. The van der Waals surface area contributed by atoms with E-state index in [1.54, 1.807) is 17.0 Å². The van der Waals surface area contributed by atoms with E-state index in [0.717, 1.165) is 17.5 Å². The minimum absolute atomic E-state index is 0.449. The molecule has 0 bridgehead atoms. The van der Waals surface area contributed by atoms with Crippen LogP contribution in [0, 0.1) is 0 Å². The molecule has 112 valence electrons. The van der Waals surface area contributed by atoms with Gasteiger partial charge in [0.25, 0.3) is 0 Å². The van der Waals surface area contributed by atoms with Crippen LogP contribution in [-0.2, 0) is 0 Å². The average molecular weight is 296 g/mol. The number of rotatable bonds is 5. The molecule has 0 fully saturated rings. The fraction of sp³-hybridized carbons (Fsp3) is 0.176. The molecule has 0 aliphatic carbocycles. The van der Waals surface area contributed by atoms with Gasteiger partial charge in [0.2, 0.25) is 0 Å². The quantitative estimate of drug-likeness (QED) is 0.670. The molecule has 0 saturated carbocycles. The first kappa shape index (κ1) is 14.1. The Morgan fingerprint density at radius 1 is 1.23 bits per heavy atom. The summed E-state index contributed by atoms with van der Waals surface area (Å²) in [7, 11) is 1.83. The van der Waals surface area contributed by atoms with E-state index in [1.165, 1.54) is 0 Å². The van der Waals surface area contributed by atoms with Crippen molar-refractivity contribution in [3.05, 3.63) is 48.0 Å². The van der Waals surface area contributed by atoms with Crippen molar-refractivity contribution in [1.82, 2.24) is 4.98 Å². The number of hydrogen-bond donors (Lipinski definition) is 0. The zero-order valence-corrected chi connectivity index (χ0v) is 12.4. The first-order chi connectivity index (χ1) is 10.7. The van der Waals surface area contributed by atoms with Crippen LogP contribution >= 0.6 is 0 Å². The molecule has 0 aliphatic rings. The van der Waals surface area contributed by atoms with E-state index in [-0.39, 0.29) is 0 Å². The number of aromatic nitrogens is 1. The van der Waals surface area contributed by atoms with Crippen LogP contribution in [0.1, 0.15) is 17.3 Å². The Morgan fingerprint density at radius 2 is 2.05 bits per heavy atom. The number of hydrogen-bond acceptors (Lipinski definition) is 5. The number of ether oxygens (including phenoxy) is 1. The van der Waals surface area contributed by atoms with Gasteiger partial charge in [-0.05, 0) is 31.2 Å². The van der Waals surface area contributed by atoms with Crippen molar-refractivity contribution in [2.45, 2.75) is 6.92 Å². The highest BCUT2D eigenvalue weighted by molar-refractivity contribution is 5.85. The third kappa shape index (κ3) is 2.41. The molecule has 0 amide bonds. The summed E-state index contributed by atoms with van der Waals surface area (Å²) in [6.45, 7) is 2.35. The van der Waals surface area contributed by atoms with Gasteiger partial charge in [-0.15, -0.1) is 0 Å². The van der Waals surface area contributed by atoms with E-state index in [2.05, 4.69) is 4.98 Å². The van der Waals surface area contributed by atoms with Gasteiger partial charge in [0.1, 0.15) is 5.52 Å². The highest BCUT2D eigenvalue weighted by atomic mass is 16.5. The van der Waals surface area contributed by atoms with Gasteiger partial charge in [0.15, 0.2) is 17.6 Å². The monoisotopic (exact) mass is 296 g/mol. The number of fused-ring (bicyclic) bond motifs is 1. The zero-order valence-electron chi connectivity index (χ0n) is 12.4. The van der Waals surface area contributed by atoms with E-state index < -0.39 is 0 Å². The maximum absolute atomic E-state index is 11.2. The number of nitrogens with zero attached hydrogens (tertiary/aromatic N) is 2. The molecule has 22 heavy (non-hydrogen) atoms. The Bertz CT molecular complexity index is 778. The van der Waals surface area contributed by atoms with Crippen LogP contribution in [0.2, 0.25) is 0 Å². The smallest absolute Gasteiger partial charge is 0.302 e. The summed E-state index contributed by atoms with van der Waals surface area (Å²) in [5.41, 5.74) is 2.74. The van der Waals surface area contributed by atoms with Crippen LogP contribution in [0.25, 0.3) is 11.1 Å². The van der Waals surface area contributed by atoms with Gasteiger partial charge in [-0.1, -0.05) is 18.2 Å². The molecule has 0 N–H and O–H groups in total. The standard InChI is InChI=1S/C17H16N2O3/c1-3-21-16-12(11-20)7-6-9-14(16)19(2)17-18-13-8-4-5-10-15(13)22-17/h4-11H,3H2,1-2H3. The van der Waals surface area contributed by atoms with Crippen LogP contribution in [0.3, 0.4) is 0 Å². The third-order valence-corrected chi connectivity index (χ3v) is 3.37. The van der Waals surface area contributed by atoms with E-state index in [9.17, 15) is 4.79 Å². The summed E-state index contributed by atoms with van der Waals surface area (Å²) in [4.78, 5) is 17.5. The number of aldehydes is 1. The van der Waals surface area contributed by atoms with Gasteiger partial charge >= 0.3 is 6.01 Å². The Morgan fingerprint density at radius 3 is 2.77 bits per heavy atom. The highest BCUT2D eigenvalue weighted by Gasteiger charge is 2.18. The average Bonchev–Trinajstić information content (AvgIpc) is 2.98. The topological polar surface area (TPSA) is 55.6 Å². The Hall–Kier alpha value is -2.82. The molecule has 1 heterocycles. The lowest BCUT2D eigenvalue weighted by Gasteiger charge is -2.19. The van der Waals surface area contributed by atoms with Crippen LogP contribution in [0.4, 0.5) is 11.7 Å². The summed E-state index contributed by atoms with van der Waals surface area (Å²) in [5.74, 6) is 0.532. The number of carbonyl (C=O) groups excluding carboxylic acids is 1. The van der Waals surface area contributed by atoms with Gasteiger partial charge < -0.3 is 9.15 Å². The minimum Gasteiger partial charge on any atom is -0.491 e. The van der Waals surface area contributed by atoms with Crippen molar-refractivity contribution in [2.24, 2.45) is 0 Å². The molecule has 0 atom stereocenters. The molecule has 0 spiro atoms. The van der Waals surface area contributed by atoms with Crippen LogP contribution in [0.5, 0.6) is 5.75 Å². The molecule has 2 aromatic carbocycles. The lowest BCUT2D eigenvalue weighted by atomic mass is 10.2. The number of oxazole rings is 1. The van der Waals surface area contributed by atoms with Crippen molar-refractivity contribution in [1.29, 1.82) is 0 Å². The van der Waals surface area contributed by atoms with Gasteiger partial charge in [-0.2, -0.15) is 4.98 Å². The second kappa shape index (κ2) is 5.89. The van der Waals surface area contributed by atoms with Crippen molar-refractivity contribution in [3.63, 3.8) is 0 Å². The summed E-state index contributed by atoms with van der Waals surface area (Å²) >= 11 is 0. The van der Waals surface area contributed by atoms with E-state index in [4.69, 9.17) is 9.15 Å². The molecule has 0 aliphatic heterocycles. The third-order valence-electron chi connectivity index (χ3n) is 3.37. The molecular formula is C17H16N2O3. The Balaban J connectivity index is 2.07. The summed E-state index contributed by atoms with van der Waals surface area (Å²) < 4.78 is 11.4. The lowest BCUT2D eigenvalue weighted by molar-refractivity contribution is 0.112. The van der Waals surface area contributed by atoms with Crippen LogP contribution in [-0.4, -0.2) is 24.9 Å². The SMILES string of the molecule is CCOc1c(C=O)cccc1N(C)c1nc2ccccc2o1. The first-order valence-electron chi connectivity index (χ1n) is 7.05. The Labute approximate surface area is 128 Å². The number of para-hydroxylation sites is 3. The second-order valence-corrected chi connectivity index (χ2v) is 4.77. The molecule has 5 heteroatoms. The first-order valence-corrected chi connectivity index (χ1v) is 7.05. The molecule has 1 aromatic heterocycles. The van der Waals surface area contributed by atoms with Gasteiger partial charge in [0, 0.05) is 7.05 Å². The van der Waals surface area contributed by atoms with Crippen molar-refractivity contribution in [2.75, 3.05) is 18.6 Å². The predicted octanol–water partition coefficient (Wildman–Crippen LogP) is 3.81. The molecule has 5 nitrogen and oxygen atoms in total. The lowest BCUT2D eigenvalue weighted by Crippen LogP contribution is -2.12. The van der Waals surface area contributed by atoms with Gasteiger partial charge in [-0.25, -0.2) is 0 Å². The number of anilines is 2. The van der Waals surface area contributed by atoms with Crippen molar-refractivity contribution >= 4 is 29.1 Å². The summed E-state index contributed by atoms with van der Waals surface area (Å²) in [5, 5.41) is 0. The maximum Gasteiger partial charge on any atom is 0.302 e. The van der Waals surface area contributed by atoms with Gasteiger partial charge in [0.05, 0.1) is 17.9 Å². The highest BCUT2D eigenvalue weighted by Crippen LogP contribution is 2.35. The maximum atomic E-state index is 11.2. The normalized spacial score (nSPS) is 10.6. The zero-order chi connectivity index (χ0) is 15.5. The van der Waals surface area contributed by atoms with Gasteiger partial charge in [-0.3, -0.25) is 9.69 Å². The number of carbonyl (C=O) groups is 1. The predicted molar refractivity (Wildman–Crippen MR) is 85.1 cm³/mol. The fourth-order valence-corrected chi connectivity index (χ4v) is 2.31.